The summed E-state index contributed by atoms with van der Waals surface area (Å²) >= 11 is 0. The van der Waals surface area contributed by atoms with E-state index in [1.807, 2.05) is 13.8 Å². The third kappa shape index (κ3) is 4.95. The van der Waals surface area contributed by atoms with Crippen molar-refractivity contribution < 1.29 is 9.53 Å². The first-order chi connectivity index (χ1) is 12.6. The van der Waals surface area contributed by atoms with Crippen molar-refractivity contribution in [2.24, 2.45) is 29.1 Å². The van der Waals surface area contributed by atoms with Gasteiger partial charge in [0.25, 0.3) is 0 Å². The van der Waals surface area contributed by atoms with Gasteiger partial charge in [-0.15, -0.1) is 0 Å². The lowest BCUT2D eigenvalue weighted by Gasteiger charge is -2.49. The molecule has 0 unspecified atom stereocenters. The van der Waals surface area contributed by atoms with Crippen LogP contribution < -0.4 is 0 Å². The van der Waals surface area contributed by atoms with Crippen molar-refractivity contribution in [2.75, 3.05) is 0 Å². The third-order valence-electron chi connectivity index (χ3n) is 8.84. The highest BCUT2D eigenvalue weighted by atomic mass is 28.4. The second-order valence-corrected chi connectivity index (χ2v) is 17.0. The molecule has 2 saturated carbocycles. The maximum Gasteiger partial charge on any atom is 0.192 e. The lowest BCUT2D eigenvalue weighted by atomic mass is 9.62. The summed E-state index contributed by atoms with van der Waals surface area (Å²) in [6, 6.07) is 0. The van der Waals surface area contributed by atoms with Gasteiger partial charge in [-0.2, -0.15) is 0 Å². The number of fused-ring (bicyclic) bond motifs is 1. The Morgan fingerprint density at radius 3 is 2.18 bits per heavy atom. The van der Waals surface area contributed by atoms with Crippen LogP contribution in [0.15, 0.2) is 12.2 Å². The molecule has 2 fully saturated rings. The van der Waals surface area contributed by atoms with Gasteiger partial charge in [0.15, 0.2) is 8.32 Å². The van der Waals surface area contributed by atoms with Crippen LogP contribution in [0.3, 0.4) is 0 Å². The van der Waals surface area contributed by atoms with E-state index in [1.54, 1.807) is 0 Å². The van der Waals surface area contributed by atoms with Crippen LogP contribution in [0.4, 0.5) is 0 Å². The van der Waals surface area contributed by atoms with Gasteiger partial charge < -0.3 is 9.53 Å². The van der Waals surface area contributed by atoms with Crippen LogP contribution in [0.2, 0.25) is 18.1 Å². The minimum atomic E-state index is -1.73. The molecular weight excluding hydrogens is 360 g/mol. The molecule has 0 aromatic rings. The molecule has 0 heterocycles. The molecule has 0 saturated heterocycles. The van der Waals surface area contributed by atoms with E-state index in [0.29, 0.717) is 23.4 Å². The van der Waals surface area contributed by atoms with Crippen molar-refractivity contribution in [3.8, 4) is 0 Å². The maximum absolute atomic E-state index is 10.2. The summed E-state index contributed by atoms with van der Waals surface area (Å²) in [4.78, 5) is 0. The topological polar surface area (TPSA) is 29.5 Å². The van der Waals surface area contributed by atoms with Gasteiger partial charge in [0.1, 0.15) is 0 Å². The second kappa shape index (κ2) is 8.19. The van der Waals surface area contributed by atoms with Crippen molar-refractivity contribution in [3.05, 3.63) is 12.2 Å². The van der Waals surface area contributed by atoms with Gasteiger partial charge in [-0.25, -0.2) is 0 Å². The quantitative estimate of drug-likeness (QED) is 0.372. The van der Waals surface area contributed by atoms with Gasteiger partial charge in [0.05, 0.1) is 5.60 Å². The number of rotatable bonds is 6. The summed E-state index contributed by atoms with van der Waals surface area (Å²) in [6.07, 6.45) is 11.6. The highest BCUT2D eigenvalue weighted by Gasteiger charge is 2.54. The SMILES string of the molecule is C[C@H](C=C[C@@H](C)C(C)(C)O)[C@H]1CC[C@H]2[C@@H](O[Si](C)(C)C(C)(C)C)CCC[C@]12C. The van der Waals surface area contributed by atoms with E-state index in [4.69, 9.17) is 4.43 Å². The molecule has 2 aliphatic rings. The van der Waals surface area contributed by atoms with Crippen molar-refractivity contribution in [2.45, 2.75) is 117 Å². The van der Waals surface area contributed by atoms with Crippen molar-refractivity contribution in [3.63, 3.8) is 0 Å². The molecule has 0 spiro atoms. The molecule has 0 radical (unpaired) electrons. The molecular formula is C25H48O2Si. The van der Waals surface area contributed by atoms with Crippen LogP contribution in [-0.4, -0.2) is 25.1 Å². The Morgan fingerprint density at radius 2 is 1.64 bits per heavy atom. The predicted octanol–water partition coefficient (Wildman–Crippen LogP) is 7.19. The standard InChI is InChI=1S/C25H48O2Si/c1-18(13-14-19(2)24(6,7)26)20-15-16-21-22(12-11-17-25(20,21)8)27-28(9,10)23(3,4)5/h13-14,18-22,26H,11-12,15-17H2,1-10H3/t18-,19-,20-,21+,22+,25-/m1/s1. The monoisotopic (exact) mass is 408 g/mol. The zero-order valence-corrected chi connectivity index (χ0v) is 21.4. The fourth-order valence-corrected chi connectivity index (χ4v) is 6.82. The Hall–Kier alpha value is -0.123. The lowest BCUT2D eigenvalue weighted by molar-refractivity contribution is -0.0163. The van der Waals surface area contributed by atoms with Crippen LogP contribution in [-0.2, 0) is 4.43 Å². The molecule has 0 amide bonds. The van der Waals surface area contributed by atoms with E-state index in [-0.39, 0.29) is 11.0 Å². The molecule has 2 rings (SSSR count). The van der Waals surface area contributed by atoms with Crippen LogP contribution in [0.1, 0.15) is 87.5 Å². The molecule has 164 valence electrons. The van der Waals surface area contributed by atoms with Gasteiger partial charge >= 0.3 is 0 Å². The first-order valence-corrected chi connectivity index (χ1v) is 14.6. The van der Waals surface area contributed by atoms with E-state index in [9.17, 15) is 5.11 Å². The van der Waals surface area contributed by atoms with Crippen LogP contribution in [0.5, 0.6) is 0 Å². The summed E-state index contributed by atoms with van der Waals surface area (Å²) < 4.78 is 6.98. The van der Waals surface area contributed by atoms with Gasteiger partial charge in [-0.05, 0) is 80.8 Å². The second-order valence-electron chi connectivity index (χ2n) is 12.3. The van der Waals surface area contributed by atoms with E-state index in [1.165, 1.54) is 32.1 Å². The van der Waals surface area contributed by atoms with E-state index < -0.39 is 13.9 Å². The molecule has 28 heavy (non-hydrogen) atoms. The average molecular weight is 409 g/mol. The number of aliphatic hydroxyl groups is 1. The van der Waals surface area contributed by atoms with Crippen LogP contribution in [0, 0.1) is 29.1 Å². The Kier molecular flexibility index (Phi) is 7.06. The first-order valence-electron chi connectivity index (χ1n) is 11.7. The average Bonchev–Trinajstić information content (AvgIpc) is 2.88. The van der Waals surface area contributed by atoms with Gasteiger partial charge in [0, 0.05) is 12.0 Å². The van der Waals surface area contributed by atoms with Crippen molar-refractivity contribution >= 4 is 8.32 Å². The Morgan fingerprint density at radius 1 is 1.04 bits per heavy atom. The van der Waals surface area contributed by atoms with Gasteiger partial charge in [-0.3, -0.25) is 0 Å². The summed E-state index contributed by atoms with van der Waals surface area (Å²) in [5.74, 6) is 2.18. The minimum Gasteiger partial charge on any atom is -0.414 e. The van der Waals surface area contributed by atoms with E-state index in [0.717, 1.165) is 5.92 Å². The molecule has 0 aromatic carbocycles. The smallest absolute Gasteiger partial charge is 0.192 e. The highest BCUT2D eigenvalue weighted by molar-refractivity contribution is 6.74. The summed E-state index contributed by atoms with van der Waals surface area (Å²) in [5.41, 5.74) is -0.252. The summed E-state index contributed by atoms with van der Waals surface area (Å²) in [6.45, 7) is 22.8. The normalized spacial score (nSPS) is 34.5. The van der Waals surface area contributed by atoms with Crippen LogP contribution >= 0.6 is 0 Å². The van der Waals surface area contributed by atoms with Crippen molar-refractivity contribution in [1.29, 1.82) is 0 Å². The van der Waals surface area contributed by atoms with Gasteiger partial charge in [0.2, 0.25) is 0 Å². The molecule has 0 aromatic heterocycles. The lowest BCUT2D eigenvalue weighted by Crippen LogP contribution is -2.50. The molecule has 6 atom stereocenters. The fourth-order valence-electron chi connectivity index (χ4n) is 5.43. The van der Waals surface area contributed by atoms with Gasteiger partial charge in [-0.1, -0.05) is 60.1 Å². The van der Waals surface area contributed by atoms with Crippen LogP contribution in [0.25, 0.3) is 0 Å². The number of allylic oxidation sites excluding steroid dienone is 1. The number of hydrogen-bond donors (Lipinski definition) is 1. The molecule has 2 aliphatic carbocycles. The summed E-state index contributed by atoms with van der Waals surface area (Å²) in [7, 11) is -1.73. The molecule has 0 aliphatic heterocycles. The fraction of sp³-hybridized carbons (Fsp3) is 0.920. The molecule has 3 heteroatoms. The Labute approximate surface area is 176 Å². The molecule has 2 nitrogen and oxygen atoms in total. The van der Waals surface area contributed by atoms with Crippen molar-refractivity contribution in [1.82, 2.24) is 0 Å². The molecule has 0 bridgehead atoms. The third-order valence-corrected chi connectivity index (χ3v) is 13.3. The summed E-state index contributed by atoms with van der Waals surface area (Å²) in [5, 5.41) is 10.5. The zero-order valence-electron chi connectivity index (χ0n) is 20.4. The Bertz CT molecular complexity index is 554. The largest absolute Gasteiger partial charge is 0.414 e. The first kappa shape index (κ1) is 24.1. The maximum atomic E-state index is 10.2. The minimum absolute atomic E-state index is 0.181. The highest BCUT2D eigenvalue weighted by Crippen LogP contribution is 2.59. The number of hydrogen-bond acceptors (Lipinski definition) is 2. The van der Waals surface area contributed by atoms with E-state index >= 15 is 0 Å². The predicted molar refractivity (Wildman–Crippen MR) is 124 cm³/mol. The zero-order chi connectivity index (χ0) is 21.5. The van der Waals surface area contributed by atoms with E-state index in [2.05, 4.69) is 66.8 Å². The Balaban J connectivity index is 2.14. The molecule has 1 N–H and O–H groups in total.